The highest BCUT2D eigenvalue weighted by molar-refractivity contribution is 7.14. The number of amides is 2. The molecule has 5 nitrogen and oxygen atoms in total. The molecule has 0 unspecified atom stereocenters. The van der Waals surface area contributed by atoms with E-state index >= 15 is 0 Å². The van der Waals surface area contributed by atoms with Gasteiger partial charge >= 0.3 is 0 Å². The van der Waals surface area contributed by atoms with E-state index < -0.39 is 0 Å². The number of carbonyl (C=O) groups excluding carboxylic acids is 2. The Morgan fingerprint density at radius 1 is 1.18 bits per heavy atom. The minimum atomic E-state index is -0.318. The van der Waals surface area contributed by atoms with Crippen molar-refractivity contribution in [2.75, 3.05) is 10.6 Å². The minimum Gasteiger partial charge on any atom is -0.326 e. The standard InChI is InChI=1S/C21H16FN3O2S/c22-16-6-1-13(2-7-16)3-9-20(27)25-21-24-18(12-28-21)15-4-8-17-14(11-15)5-10-19(26)23-17/h1-4,6-9,11-12H,5,10H2,(H,23,26)(H,24,25,27)/b9-3+. The minimum absolute atomic E-state index is 0.0348. The molecular formula is C21H16FN3O2S. The summed E-state index contributed by atoms with van der Waals surface area (Å²) in [5.74, 6) is -0.590. The van der Waals surface area contributed by atoms with Crippen LogP contribution in [0.2, 0.25) is 0 Å². The molecule has 2 heterocycles. The molecule has 0 aliphatic carbocycles. The molecule has 0 spiro atoms. The third-order valence-electron chi connectivity index (χ3n) is 4.33. The van der Waals surface area contributed by atoms with Gasteiger partial charge in [0.05, 0.1) is 5.69 Å². The lowest BCUT2D eigenvalue weighted by Crippen LogP contribution is -2.18. The van der Waals surface area contributed by atoms with Crippen LogP contribution in [-0.4, -0.2) is 16.8 Å². The highest BCUT2D eigenvalue weighted by atomic mass is 32.1. The van der Waals surface area contributed by atoms with Crippen LogP contribution in [0.3, 0.4) is 0 Å². The van der Waals surface area contributed by atoms with Crippen LogP contribution in [0.1, 0.15) is 17.5 Å². The quantitative estimate of drug-likeness (QED) is 0.642. The number of carbonyl (C=O) groups is 2. The fraction of sp³-hybridized carbons (Fsp3) is 0.0952. The van der Waals surface area contributed by atoms with E-state index in [1.54, 1.807) is 18.2 Å². The van der Waals surface area contributed by atoms with Crippen LogP contribution >= 0.6 is 11.3 Å². The summed E-state index contributed by atoms with van der Waals surface area (Å²) in [6, 6.07) is 11.7. The van der Waals surface area contributed by atoms with Gasteiger partial charge in [0.25, 0.3) is 0 Å². The van der Waals surface area contributed by atoms with Crippen molar-refractivity contribution in [3.8, 4) is 11.3 Å². The Labute approximate surface area is 164 Å². The van der Waals surface area contributed by atoms with Gasteiger partial charge in [0.2, 0.25) is 11.8 Å². The Kier molecular flexibility index (Phi) is 4.99. The summed E-state index contributed by atoms with van der Waals surface area (Å²) in [5, 5.41) is 7.96. The molecule has 0 saturated heterocycles. The highest BCUT2D eigenvalue weighted by Crippen LogP contribution is 2.30. The van der Waals surface area contributed by atoms with Gasteiger partial charge in [-0.05, 0) is 47.9 Å². The van der Waals surface area contributed by atoms with Crippen LogP contribution in [0.5, 0.6) is 0 Å². The number of hydrogen-bond acceptors (Lipinski definition) is 4. The van der Waals surface area contributed by atoms with E-state index in [0.29, 0.717) is 18.0 Å². The van der Waals surface area contributed by atoms with Gasteiger partial charge in [0, 0.05) is 29.1 Å². The van der Waals surface area contributed by atoms with Crippen LogP contribution in [0.25, 0.3) is 17.3 Å². The molecule has 3 aromatic rings. The summed E-state index contributed by atoms with van der Waals surface area (Å²) < 4.78 is 12.9. The Morgan fingerprint density at radius 2 is 2.00 bits per heavy atom. The maximum absolute atomic E-state index is 12.9. The number of rotatable bonds is 4. The fourth-order valence-electron chi connectivity index (χ4n) is 2.90. The lowest BCUT2D eigenvalue weighted by atomic mass is 9.99. The van der Waals surface area contributed by atoms with Gasteiger partial charge in [-0.15, -0.1) is 11.3 Å². The van der Waals surface area contributed by atoms with Crippen LogP contribution in [0.15, 0.2) is 53.9 Å². The predicted molar refractivity (Wildman–Crippen MR) is 109 cm³/mol. The van der Waals surface area contributed by atoms with Crippen molar-refractivity contribution in [3.05, 3.63) is 70.9 Å². The topological polar surface area (TPSA) is 71.1 Å². The second kappa shape index (κ2) is 7.74. The first-order chi connectivity index (χ1) is 13.6. The van der Waals surface area contributed by atoms with Gasteiger partial charge in [-0.1, -0.05) is 18.2 Å². The first kappa shape index (κ1) is 18.1. The van der Waals surface area contributed by atoms with Crippen LogP contribution in [0.4, 0.5) is 15.2 Å². The molecule has 0 atom stereocenters. The molecule has 0 fully saturated rings. The van der Waals surface area contributed by atoms with Gasteiger partial charge in [0.1, 0.15) is 5.82 Å². The molecule has 4 rings (SSSR count). The van der Waals surface area contributed by atoms with Crippen molar-refractivity contribution in [2.24, 2.45) is 0 Å². The molecular weight excluding hydrogens is 377 g/mol. The molecule has 0 radical (unpaired) electrons. The van der Waals surface area contributed by atoms with E-state index in [1.807, 2.05) is 23.6 Å². The van der Waals surface area contributed by atoms with Gasteiger partial charge in [0.15, 0.2) is 5.13 Å². The summed E-state index contributed by atoms with van der Waals surface area (Å²) in [6.07, 6.45) is 4.18. The fourth-order valence-corrected chi connectivity index (χ4v) is 3.62. The highest BCUT2D eigenvalue weighted by Gasteiger charge is 2.16. The summed E-state index contributed by atoms with van der Waals surface area (Å²) in [5.41, 5.74) is 4.36. The molecule has 2 amide bonds. The number of thiazole rings is 1. The molecule has 1 aromatic heterocycles. The normalized spacial score (nSPS) is 13.2. The maximum atomic E-state index is 12.9. The summed E-state index contributed by atoms with van der Waals surface area (Å²) in [4.78, 5) is 28.0. The van der Waals surface area contributed by atoms with Crippen molar-refractivity contribution in [3.63, 3.8) is 0 Å². The largest absolute Gasteiger partial charge is 0.326 e. The lowest BCUT2D eigenvalue weighted by Gasteiger charge is -2.17. The Bertz CT molecular complexity index is 1070. The summed E-state index contributed by atoms with van der Waals surface area (Å²) >= 11 is 1.34. The predicted octanol–water partition coefficient (Wildman–Crippen LogP) is 4.49. The molecule has 140 valence electrons. The lowest BCUT2D eigenvalue weighted by molar-refractivity contribution is -0.116. The molecule has 28 heavy (non-hydrogen) atoms. The number of nitrogens with one attached hydrogen (secondary N) is 2. The van der Waals surface area contributed by atoms with Crippen molar-refractivity contribution >= 4 is 40.0 Å². The molecule has 2 aromatic carbocycles. The zero-order chi connectivity index (χ0) is 19.5. The number of aryl methyl sites for hydroxylation is 1. The SMILES string of the molecule is O=C(/C=C/c1ccc(F)cc1)Nc1nc(-c2ccc3c(c2)CCC(=O)N3)cs1. The molecule has 0 saturated carbocycles. The van der Waals surface area contributed by atoms with E-state index in [0.717, 1.165) is 28.1 Å². The monoisotopic (exact) mass is 393 g/mol. The van der Waals surface area contributed by atoms with E-state index in [9.17, 15) is 14.0 Å². The number of hydrogen-bond donors (Lipinski definition) is 2. The molecule has 1 aliphatic heterocycles. The van der Waals surface area contributed by atoms with Crippen molar-refractivity contribution < 1.29 is 14.0 Å². The number of fused-ring (bicyclic) bond motifs is 1. The average Bonchev–Trinajstić information content (AvgIpc) is 3.15. The van der Waals surface area contributed by atoms with Gasteiger partial charge in [-0.25, -0.2) is 9.37 Å². The van der Waals surface area contributed by atoms with Gasteiger partial charge < -0.3 is 5.32 Å². The Morgan fingerprint density at radius 3 is 2.82 bits per heavy atom. The second-order valence-electron chi connectivity index (χ2n) is 6.33. The second-order valence-corrected chi connectivity index (χ2v) is 7.19. The van der Waals surface area contributed by atoms with Crippen LogP contribution in [-0.2, 0) is 16.0 Å². The number of halogens is 1. The molecule has 1 aliphatic rings. The third-order valence-corrected chi connectivity index (χ3v) is 5.09. The van der Waals surface area contributed by atoms with Gasteiger partial charge in [-0.3, -0.25) is 14.9 Å². The van der Waals surface area contributed by atoms with Crippen LogP contribution < -0.4 is 10.6 Å². The van der Waals surface area contributed by atoms with Crippen molar-refractivity contribution in [1.82, 2.24) is 4.98 Å². The number of aromatic nitrogens is 1. The van der Waals surface area contributed by atoms with Crippen molar-refractivity contribution in [2.45, 2.75) is 12.8 Å². The Balaban J connectivity index is 1.43. The smallest absolute Gasteiger partial charge is 0.250 e. The summed E-state index contributed by atoms with van der Waals surface area (Å²) in [6.45, 7) is 0. The van der Waals surface area contributed by atoms with Gasteiger partial charge in [-0.2, -0.15) is 0 Å². The first-order valence-corrected chi connectivity index (χ1v) is 9.58. The van der Waals surface area contributed by atoms with E-state index in [4.69, 9.17) is 0 Å². The van der Waals surface area contributed by atoms with E-state index in [1.165, 1.54) is 29.5 Å². The average molecular weight is 393 g/mol. The Hall–Kier alpha value is -3.32. The maximum Gasteiger partial charge on any atom is 0.250 e. The number of nitrogens with zero attached hydrogens (tertiary/aromatic N) is 1. The number of benzene rings is 2. The molecule has 2 N–H and O–H groups in total. The molecule has 7 heteroatoms. The van der Waals surface area contributed by atoms with Crippen molar-refractivity contribution in [1.29, 1.82) is 0 Å². The van der Waals surface area contributed by atoms with E-state index in [-0.39, 0.29) is 17.6 Å². The van der Waals surface area contributed by atoms with E-state index in [2.05, 4.69) is 15.6 Å². The molecule has 0 bridgehead atoms. The number of anilines is 2. The zero-order valence-corrected chi connectivity index (χ0v) is 15.6. The summed E-state index contributed by atoms with van der Waals surface area (Å²) in [7, 11) is 0. The zero-order valence-electron chi connectivity index (χ0n) is 14.7. The third kappa shape index (κ3) is 4.15. The van der Waals surface area contributed by atoms with Crippen LogP contribution in [0, 0.1) is 5.82 Å². The first-order valence-electron chi connectivity index (χ1n) is 8.70.